The molecule has 1 fully saturated rings. The van der Waals surface area contributed by atoms with E-state index in [0.29, 0.717) is 12.3 Å². The van der Waals surface area contributed by atoms with Gasteiger partial charge in [-0.2, -0.15) is 0 Å². The van der Waals surface area contributed by atoms with E-state index in [1.807, 2.05) is 11.9 Å². The van der Waals surface area contributed by atoms with Gasteiger partial charge in [0.15, 0.2) is 0 Å². The number of anilines is 2. The summed E-state index contributed by atoms with van der Waals surface area (Å²) in [6.07, 6.45) is 0. The van der Waals surface area contributed by atoms with Gasteiger partial charge in [-0.1, -0.05) is 0 Å². The summed E-state index contributed by atoms with van der Waals surface area (Å²) in [5.74, 6) is 0.433. The maximum atomic E-state index is 12.6. The Morgan fingerprint density at radius 1 is 1.41 bits per heavy atom. The van der Waals surface area contributed by atoms with Crippen LogP contribution in [0.15, 0.2) is 18.2 Å². The largest absolute Gasteiger partial charge is 0.490 e. The Bertz CT molecular complexity index is 633. The molecule has 7 heteroatoms. The number of ether oxygens (including phenoxy) is 2. The van der Waals surface area contributed by atoms with E-state index in [2.05, 4.69) is 5.32 Å². The van der Waals surface area contributed by atoms with Gasteiger partial charge in [0, 0.05) is 14.2 Å². The minimum Gasteiger partial charge on any atom is -0.490 e. The molecule has 1 aromatic rings. The molecule has 1 atom stereocenters. The van der Waals surface area contributed by atoms with Crippen molar-refractivity contribution < 1.29 is 19.1 Å². The Hall–Kier alpha value is -2.28. The normalized spacial score (nSPS) is 24.1. The van der Waals surface area contributed by atoms with Crippen molar-refractivity contribution in [2.45, 2.75) is 12.5 Å². The Morgan fingerprint density at radius 3 is 2.91 bits per heavy atom. The third-order valence-corrected chi connectivity index (χ3v) is 3.99. The van der Waals surface area contributed by atoms with Crippen molar-refractivity contribution in [3.8, 4) is 5.75 Å². The number of nitrogens with zero attached hydrogens (tertiary/aromatic N) is 2. The number of hydrogen-bond donors (Lipinski definition) is 1. The molecule has 1 saturated heterocycles. The quantitative estimate of drug-likeness (QED) is 0.843. The van der Waals surface area contributed by atoms with Gasteiger partial charge in [0.25, 0.3) is 5.91 Å². The summed E-state index contributed by atoms with van der Waals surface area (Å²) in [6.45, 7) is 3.17. The van der Waals surface area contributed by atoms with Crippen LogP contribution in [-0.2, 0) is 9.53 Å². The summed E-state index contributed by atoms with van der Waals surface area (Å²) >= 11 is 0. The van der Waals surface area contributed by atoms with Crippen LogP contribution in [0.25, 0.3) is 0 Å². The first-order valence-electron chi connectivity index (χ1n) is 7.10. The van der Waals surface area contributed by atoms with Crippen molar-refractivity contribution in [3.05, 3.63) is 18.2 Å². The second kappa shape index (κ2) is 5.17. The highest BCUT2D eigenvalue weighted by molar-refractivity contribution is 6.23. The zero-order chi connectivity index (χ0) is 15.9. The Kier molecular flexibility index (Phi) is 3.44. The minimum atomic E-state index is -1.04. The molecule has 0 aromatic heterocycles. The summed E-state index contributed by atoms with van der Waals surface area (Å²) in [4.78, 5) is 28.0. The molecule has 0 bridgehead atoms. The Labute approximate surface area is 128 Å². The zero-order valence-electron chi connectivity index (χ0n) is 12.9. The van der Waals surface area contributed by atoms with Crippen LogP contribution in [0.3, 0.4) is 0 Å². The number of carbonyl (C=O) groups excluding carboxylic acids is 2. The number of hydrogen-bond acceptors (Lipinski definition) is 5. The van der Waals surface area contributed by atoms with Gasteiger partial charge in [-0.3, -0.25) is 4.79 Å². The molecule has 0 saturated carbocycles. The van der Waals surface area contributed by atoms with Gasteiger partial charge in [0.2, 0.25) is 0 Å². The molecule has 2 aliphatic heterocycles. The van der Waals surface area contributed by atoms with E-state index in [1.54, 1.807) is 25.1 Å². The van der Waals surface area contributed by atoms with Crippen LogP contribution in [0.4, 0.5) is 16.2 Å². The van der Waals surface area contributed by atoms with Gasteiger partial charge in [0.05, 0.1) is 24.5 Å². The molecule has 3 amide bonds. The smallest absolute Gasteiger partial charge is 0.329 e. The lowest BCUT2D eigenvalue weighted by Crippen LogP contribution is -2.47. The van der Waals surface area contributed by atoms with Crippen LogP contribution in [0.2, 0.25) is 0 Å². The monoisotopic (exact) mass is 305 g/mol. The molecular weight excluding hydrogens is 286 g/mol. The molecule has 1 N–H and O–H groups in total. The lowest BCUT2D eigenvalue weighted by Gasteiger charge is -2.29. The van der Waals surface area contributed by atoms with Crippen LogP contribution in [0, 0.1) is 0 Å². The lowest BCUT2D eigenvalue weighted by atomic mass is 10.0. The molecule has 2 heterocycles. The van der Waals surface area contributed by atoms with Crippen LogP contribution in [0.5, 0.6) is 5.75 Å². The van der Waals surface area contributed by atoms with Gasteiger partial charge in [-0.05, 0) is 25.1 Å². The number of nitrogens with one attached hydrogen (secondary N) is 1. The third kappa shape index (κ3) is 2.18. The first kappa shape index (κ1) is 14.6. The number of benzene rings is 1. The van der Waals surface area contributed by atoms with E-state index in [4.69, 9.17) is 9.47 Å². The van der Waals surface area contributed by atoms with Crippen molar-refractivity contribution in [2.24, 2.45) is 0 Å². The number of likely N-dealkylation sites (N-methyl/N-ethyl adjacent to an activating group) is 1. The fraction of sp³-hybridized carbons (Fsp3) is 0.467. The van der Waals surface area contributed by atoms with E-state index >= 15 is 0 Å². The van der Waals surface area contributed by atoms with Crippen molar-refractivity contribution in [1.29, 1.82) is 0 Å². The number of imide groups is 1. The maximum Gasteiger partial charge on any atom is 0.329 e. The fourth-order valence-corrected chi connectivity index (χ4v) is 2.78. The minimum absolute atomic E-state index is 0.127. The van der Waals surface area contributed by atoms with Crippen LogP contribution in [0.1, 0.15) is 6.92 Å². The number of fused-ring (bicyclic) bond motifs is 1. The average molecular weight is 305 g/mol. The Morgan fingerprint density at radius 2 is 2.18 bits per heavy atom. The standard InChI is InChI=1S/C15H19N3O4/c1-15(9-21-3)13(19)18(14(20)16-15)10-4-5-12-11(8-10)17(2)6-7-22-12/h4-5,8H,6-7,9H2,1-3H3,(H,16,20). The molecule has 3 rings (SSSR count). The lowest BCUT2D eigenvalue weighted by molar-refractivity contribution is -0.123. The highest BCUT2D eigenvalue weighted by atomic mass is 16.5. The maximum absolute atomic E-state index is 12.6. The molecular formula is C15H19N3O4. The first-order chi connectivity index (χ1) is 10.5. The van der Waals surface area contributed by atoms with Crippen molar-refractivity contribution in [1.82, 2.24) is 5.32 Å². The van der Waals surface area contributed by atoms with Gasteiger partial charge in [-0.15, -0.1) is 0 Å². The predicted octanol–water partition coefficient (Wildman–Crippen LogP) is 0.976. The van der Waals surface area contributed by atoms with Gasteiger partial charge < -0.3 is 19.7 Å². The van der Waals surface area contributed by atoms with E-state index in [-0.39, 0.29) is 12.5 Å². The van der Waals surface area contributed by atoms with E-state index < -0.39 is 11.6 Å². The van der Waals surface area contributed by atoms with Crippen molar-refractivity contribution in [3.63, 3.8) is 0 Å². The molecule has 1 unspecified atom stereocenters. The van der Waals surface area contributed by atoms with Crippen molar-refractivity contribution in [2.75, 3.05) is 43.7 Å². The summed E-state index contributed by atoms with van der Waals surface area (Å²) in [6, 6.07) is 4.86. The summed E-state index contributed by atoms with van der Waals surface area (Å²) in [7, 11) is 3.45. The third-order valence-electron chi connectivity index (χ3n) is 3.99. The zero-order valence-corrected chi connectivity index (χ0v) is 12.9. The number of urea groups is 1. The number of methoxy groups -OCH3 is 1. The van der Waals surface area contributed by atoms with Crippen LogP contribution >= 0.6 is 0 Å². The topological polar surface area (TPSA) is 71.1 Å². The fourth-order valence-electron chi connectivity index (χ4n) is 2.78. The van der Waals surface area contributed by atoms with Crippen LogP contribution in [-0.4, -0.2) is 51.4 Å². The highest BCUT2D eigenvalue weighted by Crippen LogP contribution is 2.36. The second-order valence-corrected chi connectivity index (χ2v) is 5.76. The van der Waals surface area contributed by atoms with E-state index in [1.165, 1.54) is 7.11 Å². The Balaban J connectivity index is 1.96. The van der Waals surface area contributed by atoms with Gasteiger partial charge in [0.1, 0.15) is 17.9 Å². The highest BCUT2D eigenvalue weighted by Gasteiger charge is 2.48. The first-order valence-corrected chi connectivity index (χ1v) is 7.10. The number of amides is 3. The predicted molar refractivity (Wildman–Crippen MR) is 81.5 cm³/mol. The molecule has 0 radical (unpaired) electrons. The molecule has 0 spiro atoms. The second-order valence-electron chi connectivity index (χ2n) is 5.76. The van der Waals surface area contributed by atoms with Crippen LogP contribution < -0.4 is 19.9 Å². The molecule has 22 heavy (non-hydrogen) atoms. The summed E-state index contributed by atoms with van der Waals surface area (Å²) in [5, 5.41) is 2.69. The SMILES string of the molecule is COCC1(C)NC(=O)N(c2ccc3c(c2)N(C)CCO3)C1=O. The van der Waals surface area contributed by atoms with Gasteiger partial charge >= 0.3 is 6.03 Å². The molecule has 0 aliphatic carbocycles. The summed E-state index contributed by atoms with van der Waals surface area (Å²) in [5.41, 5.74) is 0.354. The molecule has 7 nitrogen and oxygen atoms in total. The molecule has 1 aromatic carbocycles. The average Bonchev–Trinajstić information content (AvgIpc) is 2.69. The summed E-state index contributed by atoms with van der Waals surface area (Å²) < 4.78 is 10.6. The number of carbonyl (C=O) groups is 2. The van der Waals surface area contributed by atoms with E-state index in [0.717, 1.165) is 22.9 Å². The number of rotatable bonds is 3. The van der Waals surface area contributed by atoms with Gasteiger partial charge in [-0.25, -0.2) is 9.69 Å². The molecule has 118 valence electrons. The van der Waals surface area contributed by atoms with Crippen molar-refractivity contribution >= 4 is 23.3 Å². The molecule has 2 aliphatic rings. The van der Waals surface area contributed by atoms with E-state index in [9.17, 15) is 9.59 Å².